The second kappa shape index (κ2) is 4.46. The molecule has 2 nitrogen and oxygen atoms in total. The summed E-state index contributed by atoms with van der Waals surface area (Å²) in [6.45, 7) is 1.08. The van der Waals surface area contributed by atoms with Crippen molar-refractivity contribution in [2.45, 2.75) is 81.7 Å². The maximum absolute atomic E-state index is 6.63. The second-order valence-corrected chi connectivity index (χ2v) is 8.47. The second-order valence-electron chi connectivity index (χ2n) is 8.47. The van der Waals surface area contributed by atoms with Gasteiger partial charge in [0.25, 0.3) is 0 Å². The van der Waals surface area contributed by atoms with Crippen molar-refractivity contribution < 1.29 is 0 Å². The molecule has 5 saturated carbocycles. The number of rotatable bonds is 3. The lowest BCUT2D eigenvalue weighted by molar-refractivity contribution is -0.0228. The molecule has 5 rings (SSSR count). The van der Waals surface area contributed by atoms with Crippen LogP contribution in [0.15, 0.2) is 0 Å². The molecule has 0 aliphatic heterocycles. The molecule has 0 atom stereocenters. The number of hydrogen-bond donors (Lipinski definition) is 2. The Morgan fingerprint density at radius 3 is 1.89 bits per heavy atom. The molecule has 0 heterocycles. The Bertz CT molecular complexity index is 308. The van der Waals surface area contributed by atoms with Crippen molar-refractivity contribution in [2.24, 2.45) is 23.5 Å². The summed E-state index contributed by atoms with van der Waals surface area (Å²) < 4.78 is 0. The average molecular weight is 262 g/mol. The van der Waals surface area contributed by atoms with E-state index in [9.17, 15) is 0 Å². The Morgan fingerprint density at radius 1 is 0.842 bits per heavy atom. The van der Waals surface area contributed by atoms with Gasteiger partial charge >= 0.3 is 0 Å². The van der Waals surface area contributed by atoms with Crippen LogP contribution in [0.25, 0.3) is 0 Å². The molecule has 0 aromatic heterocycles. The minimum Gasteiger partial charge on any atom is -0.324 e. The Labute approximate surface area is 117 Å². The lowest BCUT2D eigenvalue weighted by Crippen LogP contribution is -2.62. The highest BCUT2D eigenvalue weighted by Gasteiger charge is 2.51. The van der Waals surface area contributed by atoms with Crippen molar-refractivity contribution in [1.82, 2.24) is 5.32 Å². The molecule has 0 radical (unpaired) electrons. The van der Waals surface area contributed by atoms with Gasteiger partial charge in [-0.25, -0.2) is 0 Å². The van der Waals surface area contributed by atoms with Crippen LogP contribution in [0.3, 0.4) is 0 Å². The van der Waals surface area contributed by atoms with Gasteiger partial charge in [-0.1, -0.05) is 19.3 Å². The lowest BCUT2D eigenvalue weighted by atomic mass is 9.53. The summed E-state index contributed by atoms with van der Waals surface area (Å²) in [5, 5.41) is 4.01. The van der Waals surface area contributed by atoms with Gasteiger partial charge in [-0.05, 0) is 69.1 Å². The molecule has 5 aliphatic rings. The van der Waals surface area contributed by atoms with Gasteiger partial charge in [0, 0.05) is 17.6 Å². The Hall–Kier alpha value is -0.0800. The minimum absolute atomic E-state index is 0.113. The first-order chi connectivity index (χ1) is 9.15. The highest BCUT2D eigenvalue weighted by molar-refractivity contribution is 5.07. The lowest BCUT2D eigenvalue weighted by Gasteiger charge is -2.57. The summed E-state index contributed by atoms with van der Waals surface area (Å²) in [5.74, 6) is 3.12. The van der Waals surface area contributed by atoms with E-state index in [4.69, 9.17) is 5.73 Å². The fourth-order valence-electron chi connectivity index (χ4n) is 6.12. The van der Waals surface area contributed by atoms with Crippen molar-refractivity contribution in [3.05, 3.63) is 0 Å². The molecule has 19 heavy (non-hydrogen) atoms. The third-order valence-electron chi connectivity index (χ3n) is 6.70. The van der Waals surface area contributed by atoms with Crippen molar-refractivity contribution in [3.63, 3.8) is 0 Å². The Balaban J connectivity index is 1.42. The van der Waals surface area contributed by atoms with E-state index < -0.39 is 0 Å². The highest BCUT2D eigenvalue weighted by atomic mass is 15.0. The van der Waals surface area contributed by atoms with Crippen molar-refractivity contribution in [1.29, 1.82) is 0 Å². The smallest absolute Gasteiger partial charge is 0.0281 e. The molecule has 0 unspecified atom stereocenters. The van der Waals surface area contributed by atoms with Gasteiger partial charge in [-0.15, -0.1) is 0 Å². The van der Waals surface area contributed by atoms with Crippen LogP contribution in [0, 0.1) is 17.8 Å². The van der Waals surface area contributed by atoms with Crippen LogP contribution < -0.4 is 11.1 Å². The van der Waals surface area contributed by atoms with Gasteiger partial charge < -0.3 is 11.1 Å². The monoisotopic (exact) mass is 262 g/mol. The summed E-state index contributed by atoms with van der Waals surface area (Å²) in [7, 11) is 0. The largest absolute Gasteiger partial charge is 0.324 e. The molecule has 108 valence electrons. The van der Waals surface area contributed by atoms with Crippen molar-refractivity contribution in [3.8, 4) is 0 Å². The van der Waals surface area contributed by atoms with E-state index in [0.717, 1.165) is 24.3 Å². The van der Waals surface area contributed by atoms with Crippen LogP contribution in [-0.2, 0) is 0 Å². The number of hydrogen-bond acceptors (Lipinski definition) is 2. The number of nitrogens with two attached hydrogens (primary N) is 1. The SMILES string of the molecule is NC1(CNC23CC4CC(CC(C4)C2)C3)CCCCC1. The van der Waals surface area contributed by atoms with E-state index in [1.807, 2.05) is 0 Å². The quantitative estimate of drug-likeness (QED) is 0.819. The molecule has 5 aliphatic carbocycles. The Morgan fingerprint density at radius 2 is 1.37 bits per heavy atom. The van der Waals surface area contributed by atoms with E-state index in [0.29, 0.717) is 5.54 Å². The summed E-state index contributed by atoms with van der Waals surface area (Å²) in [6.07, 6.45) is 15.5. The standard InChI is InChI=1S/C17H30N2/c18-16(4-2-1-3-5-16)12-19-17-9-13-6-14(10-17)8-15(7-13)11-17/h13-15,19H,1-12,18H2. The number of nitrogens with one attached hydrogen (secondary N) is 1. The normalized spacial score (nSPS) is 47.5. The fourth-order valence-corrected chi connectivity index (χ4v) is 6.12. The van der Waals surface area contributed by atoms with Crippen LogP contribution in [-0.4, -0.2) is 17.6 Å². The molecule has 3 N–H and O–H groups in total. The molecule has 0 aromatic rings. The predicted molar refractivity (Wildman–Crippen MR) is 78.9 cm³/mol. The van der Waals surface area contributed by atoms with Gasteiger partial charge in [0.2, 0.25) is 0 Å². The van der Waals surface area contributed by atoms with E-state index in [2.05, 4.69) is 5.32 Å². The van der Waals surface area contributed by atoms with Crippen LogP contribution in [0.1, 0.15) is 70.6 Å². The van der Waals surface area contributed by atoms with Gasteiger partial charge in [0.05, 0.1) is 0 Å². The van der Waals surface area contributed by atoms with E-state index in [-0.39, 0.29) is 5.54 Å². The van der Waals surface area contributed by atoms with Crippen LogP contribution >= 0.6 is 0 Å². The first-order valence-electron chi connectivity index (χ1n) is 8.69. The molecule has 0 amide bonds. The van der Waals surface area contributed by atoms with Crippen LogP contribution in [0.2, 0.25) is 0 Å². The van der Waals surface area contributed by atoms with Crippen molar-refractivity contribution >= 4 is 0 Å². The first kappa shape index (κ1) is 12.6. The van der Waals surface area contributed by atoms with E-state index in [1.165, 1.54) is 70.6 Å². The molecule has 0 aromatic carbocycles. The summed E-state index contributed by atoms with van der Waals surface area (Å²) in [4.78, 5) is 0. The van der Waals surface area contributed by atoms with E-state index >= 15 is 0 Å². The molecular formula is C17H30N2. The molecule has 5 fully saturated rings. The topological polar surface area (TPSA) is 38.0 Å². The molecule has 0 spiro atoms. The fraction of sp³-hybridized carbons (Fsp3) is 1.00. The predicted octanol–water partition coefficient (Wildman–Crippen LogP) is 3.21. The van der Waals surface area contributed by atoms with Gasteiger partial charge in [0.1, 0.15) is 0 Å². The van der Waals surface area contributed by atoms with Gasteiger partial charge in [-0.3, -0.25) is 0 Å². The van der Waals surface area contributed by atoms with Crippen LogP contribution in [0.5, 0.6) is 0 Å². The third-order valence-corrected chi connectivity index (χ3v) is 6.70. The Kier molecular flexibility index (Phi) is 2.97. The maximum atomic E-state index is 6.63. The molecule has 2 heteroatoms. The summed E-state index contributed by atoms with van der Waals surface area (Å²) in [5.41, 5.74) is 7.24. The molecule has 4 bridgehead atoms. The zero-order valence-corrected chi connectivity index (χ0v) is 12.3. The minimum atomic E-state index is 0.113. The maximum Gasteiger partial charge on any atom is 0.0281 e. The summed E-state index contributed by atoms with van der Waals surface area (Å²) in [6, 6.07) is 0. The van der Waals surface area contributed by atoms with E-state index in [1.54, 1.807) is 0 Å². The van der Waals surface area contributed by atoms with Gasteiger partial charge in [0.15, 0.2) is 0 Å². The summed E-state index contributed by atoms with van der Waals surface area (Å²) >= 11 is 0. The first-order valence-corrected chi connectivity index (χ1v) is 8.69. The highest BCUT2D eigenvalue weighted by Crippen LogP contribution is 2.55. The molecular weight excluding hydrogens is 232 g/mol. The zero-order valence-electron chi connectivity index (χ0n) is 12.3. The molecule has 0 saturated heterocycles. The third kappa shape index (κ3) is 2.35. The van der Waals surface area contributed by atoms with Crippen LogP contribution in [0.4, 0.5) is 0 Å². The van der Waals surface area contributed by atoms with Crippen molar-refractivity contribution in [2.75, 3.05) is 6.54 Å². The zero-order chi connectivity index (χ0) is 12.9. The van der Waals surface area contributed by atoms with Gasteiger partial charge in [-0.2, -0.15) is 0 Å². The average Bonchev–Trinajstić information content (AvgIpc) is 2.36.